The molecule has 1 heterocycles. The number of ether oxygens (including phenoxy) is 1. The number of hydrogen-bond donors (Lipinski definition) is 0. The van der Waals surface area contributed by atoms with E-state index in [1.165, 1.54) is 6.33 Å². The Morgan fingerprint density at radius 3 is 2.67 bits per heavy atom. The Kier molecular flexibility index (Phi) is 4.92. The van der Waals surface area contributed by atoms with Crippen LogP contribution in [0.5, 0.6) is 5.75 Å². The summed E-state index contributed by atoms with van der Waals surface area (Å²) in [6.45, 7) is 4.95. The van der Waals surface area contributed by atoms with Crippen LogP contribution in [0.15, 0.2) is 36.9 Å². The third-order valence-electron chi connectivity index (χ3n) is 3.22. The van der Waals surface area contributed by atoms with E-state index in [9.17, 15) is 4.79 Å². The van der Waals surface area contributed by atoms with E-state index in [4.69, 9.17) is 4.74 Å². The molecular formula is C15H20N4O2. The highest BCUT2D eigenvalue weighted by molar-refractivity contribution is 5.79. The van der Waals surface area contributed by atoms with Crippen LogP contribution in [0, 0.1) is 0 Å². The van der Waals surface area contributed by atoms with E-state index in [1.807, 2.05) is 38.1 Å². The second-order valence-electron chi connectivity index (χ2n) is 4.82. The van der Waals surface area contributed by atoms with E-state index in [0.717, 1.165) is 11.3 Å². The van der Waals surface area contributed by atoms with Crippen molar-refractivity contribution in [3.05, 3.63) is 42.5 Å². The van der Waals surface area contributed by atoms with Gasteiger partial charge in [0.15, 0.2) is 0 Å². The quantitative estimate of drug-likeness (QED) is 0.814. The molecule has 0 aliphatic heterocycles. The number of benzene rings is 1. The Labute approximate surface area is 124 Å². The molecule has 1 atom stereocenters. The summed E-state index contributed by atoms with van der Waals surface area (Å²) in [6, 6.07) is 7.40. The third kappa shape index (κ3) is 3.81. The molecule has 0 aliphatic rings. The first kappa shape index (κ1) is 15.0. The summed E-state index contributed by atoms with van der Waals surface area (Å²) < 4.78 is 6.95. The summed E-state index contributed by atoms with van der Waals surface area (Å²) in [7, 11) is 1.78. The van der Waals surface area contributed by atoms with Crippen LogP contribution >= 0.6 is 0 Å². The van der Waals surface area contributed by atoms with Crippen molar-refractivity contribution in [2.75, 3.05) is 13.7 Å². The van der Waals surface area contributed by atoms with E-state index in [2.05, 4.69) is 10.1 Å². The largest absolute Gasteiger partial charge is 0.494 e. The molecule has 0 bridgehead atoms. The van der Waals surface area contributed by atoms with Crippen LogP contribution in [-0.4, -0.2) is 39.2 Å². The Hall–Kier alpha value is -2.37. The van der Waals surface area contributed by atoms with Crippen molar-refractivity contribution in [1.29, 1.82) is 0 Å². The fourth-order valence-corrected chi connectivity index (χ4v) is 2.06. The summed E-state index contributed by atoms with van der Waals surface area (Å²) >= 11 is 0. The van der Waals surface area contributed by atoms with Crippen molar-refractivity contribution in [2.45, 2.75) is 26.4 Å². The number of aromatic nitrogens is 3. The standard InChI is InChI=1S/C15H20N4O2/c1-4-21-14-7-5-13(6-8-14)9-18(3)15(20)12(2)19-11-16-10-17-19/h5-8,10-12H,4,9H2,1-3H3. The number of amides is 1. The lowest BCUT2D eigenvalue weighted by molar-refractivity contribution is -0.133. The van der Waals surface area contributed by atoms with Gasteiger partial charge in [-0.1, -0.05) is 12.1 Å². The molecule has 1 aromatic carbocycles. The predicted molar refractivity (Wildman–Crippen MR) is 78.8 cm³/mol. The average molecular weight is 288 g/mol. The van der Waals surface area contributed by atoms with E-state index >= 15 is 0 Å². The van der Waals surface area contributed by atoms with Crippen LogP contribution in [0.1, 0.15) is 25.5 Å². The number of carbonyl (C=O) groups is 1. The van der Waals surface area contributed by atoms with Gasteiger partial charge in [-0.05, 0) is 31.5 Å². The molecular weight excluding hydrogens is 268 g/mol. The van der Waals surface area contributed by atoms with Crippen LogP contribution in [0.3, 0.4) is 0 Å². The molecule has 1 aromatic heterocycles. The lowest BCUT2D eigenvalue weighted by Crippen LogP contribution is -2.32. The molecule has 0 saturated heterocycles. The lowest BCUT2D eigenvalue weighted by Gasteiger charge is -2.21. The van der Waals surface area contributed by atoms with Gasteiger partial charge in [-0.25, -0.2) is 9.67 Å². The fraction of sp³-hybridized carbons (Fsp3) is 0.400. The summed E-state index contributed by atoms with van der Waals surface area (Å²) in [5.74, 6) is 0.834. The molecule has 0 N–H and O–H groups in total. The Bertz CT molecular complexity index is 566. The lowest BCUT2D eigenvalue weighted by atomic mass is 10.2. The van der Waals surface area contributed by atoms with Crippen molar-refractivity contribution < 1.29 is 9.53 Å². The topological polar surface area (TPSA) is 60.2 Å². The smallest absolute Gasteiger partial charge is 0.247 e. The Morgan fingerprint density at radius 1 is 1.38 bits per heavy atom. The maximum Gasteiger partial charge on any atom is 0.247 e. The normalized spacial score (nSPS) is 12.0. The van der Waals surface area contributed by atoms with Gasteiger partial charge in [0, 0.05) is 13.6 Å². The zero-order chi connectivity index (χ0) is 15.2. The van der Waals surface area contributed by atoms with Gasteiger partial charge in [0.05, 0.1) is 6.61 Å². The van der Waals surface area contributed by atoms with Gasteiger partial charge in [-0.3, -0.25) is 4.79 Å². The first-order chi connectivity index (χ1) is 10.1. The summed E-state index contributed by atoms with van der Waals surface area (Å²) in [5.41, 5.74) is 1.06. The predicted octanol–water partition coefficient (Wildman–Crippen LogP) is 1.90. The minimum Gasteiger partial charge on any atom is -0.494 e. The van der Waals surface area contributed by atoms with Gasteiger partial charge in [0.25, 0.3) is 0 Å². The molecule has 0 aliphatic carbocycles. The number of nitrogens with zero attached hydrogens (tertiary/aromatic N) is 4. The first-order valence-corrected chi connectivity index (χ1v) is 6.92. The highest BCUT2D eigenvalue weighted by Crippen LogP contribution is 2.15. The highest BCUT2D eigenvalue weighted by Gasteiger charge is 2.19. The second kappa shape index (κ2) is 6.88. The minimum atomic E-state index is -0.361. The van der Waals surface area contributed by atoms with Gasteiger partial charge in [-0.2, -0.15) is 5.10 Å². The van der Waals surface area contributed by atoms with Crippen molar-refractivity contribution in [2.24, 2.45) is 0 Å². The third-order valence-corrected chi connectivity index (χ3v) is 3.22. The van der Waals surface area contributed by atoms with E-state index in [0.29, 0.717) is 13.2 Å². The summed E-state index contributed by atoms with van der Waals surface area (Å²) in [5, 5.41) is 4.00. The number of likely N-dealkylation sites (N-methyl/N-ethyl adjacent to an activating group) is 1. The van der Waals surface area contributed by atoms with Crippen LogP contribution in [0.25, 0.3) is 0 Å². The number of rotatable bonds is 6. The second-order valence-corrected chi connectivity index (χ2v) is 4.82. The molecule has 2 aromatic rings. The fourth-order valence-electron chi connectivity index (χ4n) is 2.06. The highest BCUT2D eigenvalue weighted by atomic mass is 16.5. The zero-order valence-electron chi connectivity index (χ0n) is 12.6. The van der Waals surface area contributed by atoms with Crippen molar-refractivity contribution in [1.82, 2.24) is 19.7 Å². The van der Waals surface area contributed by atoms with Crippen molar-refractivity contribution in [3.63, 3.8) is 0 Å². The molecule has 6 heteroatoms. The van der Waals surface area contributed by atoms with Gasteiger partial charge in [-0.15, -0.1) is 0 Å². The first-order valence-electron chi connectivity index (χ1n) is 6.92. The molecule has 1 unspecified atom stereocenters. The monoisotopic (exact) mass is 288 g/mol. The zero-order valence-corrected chi connectivity index (χ0v) is 12.6. The van der Waals surface area contributed by atoms with Gasteiger partial charge in [0.1, 0.15) is 24.4 Å². The molecule has 0 spiro atoms. The minimum absolute atomic E-state index is 0.00520. The van der Waals surface area contributed by atoms with E-state index in [1.54, 1.807) is 23.0 Å². The summed E-state index contributed by atoms with van der Waals surface area (Å²) in [6.07, 6.45) is 2.98. The summed E-state index contributed by atoms with van der Waals surface area (Å²) in [4.78, 5) is 17.9. The van der Waals surface area contributed by atoms with E-state index in [-0.39, 0.29) is 11.9 Å². The van der Waals surface area contributed by atoms with E-state index < -0.39 is 0 Å². The number of hydrogen-bond acceptors (Lipinski definition) is 4. The van der Waals surface area contributed by atoms with Gasteiger partial charge >= 0.3 is 0 Å². The van der Waals surface area contributed by atoms with Crippen LogP contribution in [0.4, 0.5) is 0 Å². The maximum absolute atomic E-state index is 12.3. The van der Waals surface area contributed by atoms with Gasteiger partial charge in [0.2, 0.25) is 5.91 Å². The molecule has 6 nitrogen and oxygen atoms in total. The molecule has 0 radical (unpaired) electrons. The van der Waals surface area contributed by atoms with Crippen molar-refractivity contribution in [3.8, 4) is 5.75 Å². The molecule has 21 heavy (non-hydrogen) atoms. The van der Waals surface area contributed by atoms with Crippen molar-refractivity contribution >= 4 is 5.91 Å². The van der Waals surface area contributed by atoms with Crippen LogP contribution < -0.4 is 4.74 Å². The molecule has 1 amide bonds. The Morgan fingerprint density at radius 2 is 2.10 bits per heavy atom. The average Bonchev–Trinajstić information content (AvgIpc) is 3.02. The van der Waals surface area contributed by atoms with Crippen LogP contribution in [0.2, 0.25) is 0 Å². The molecule has 112 valence electrons. The maximum atomic E-state index is 12.3. The molecule has 0 fully saturated rings. The SMILES string of the molecule is CCOc1ccc(CN(C)C(=O)C(C)n2cncn2)cc1. The van der Waals surface area contributed by atoms with Gasteiger partial charge < -0.3 is 9.64 Å². The van der Waals surface area contributed by atoms with Crippen LogP contribution in [-0.2, 0) is 11.3 Å². The molecule has 0 saturated carbocycles. The molecule has 2 rings (SSSR count). The Balaban J connectivity index is 1.97. The number of carbonyl (C=O) groups excluding carboxylic acids is 1.